The smallest absolute Gasteiger partial charge is 0.266 e. The lowest BCUT2D eigenvalue weighted by Gasteiger charge is -2.22. The van der Waals surface area contributed by atoms with Crippen LogP contribution in [0, 0.1) is 6.92 Å². The van der Waals surface area contributed by atoms with Crippen LogP contribution in [0.5, 0.6) is 5.75 Å². The maximum Gasteiger partial charge on any atom is 0.266 e. The molecule has 0 aliphatic rings. The van der Waals surface area contributed by atoms with E-state index < -0.39 is 0 Å². The number of anilines is 1. The normalized spacial score (nSPS) is 10.4. The Labute approximate surface area is 158 Å². The lowest BCUT2D eigenvalue weighted by atomic mass is 10.2. The molecule has 3 aromatic rings. The van der Waals surface area contributed by atoms with Crippen molar-refractivity contribution in [2.45, 2.75) is 13.5 Å². The van der Waals surface area contributed by atoms with Crippen LogP contribution in [-0.2, 0) is 11.3 Å². The van der Waals surface area contributed by atoms with E-state index >= 15 is 0 Å². The third kappa shape index (κ3) is 4.83. The van der Waals surface area contributed by atoms with Crippen molar-refractivity contribution in [1.29, 1.82) is 0 Å². The molecule has 1 amide bonds. The number of aryl methyl sites for hydroxylation is 1. The van der Waals surface area contributed by atoms with Gasteiger partial charge in [0.05, 0.1) is 6.54 Å². The van der Waals surface area contributed by atoms with E-state index in [1.165, 1.54) is 0 Å². The Kier molecular flexibility index (Phi) is 5.87. The van der Waals surface area contributed by atoms with Gasteiger partial charge in [0, 0.05) is 11.2 Å². The summed E-state index contributed by atoms with van der Waals surface area (Å²) in [6.07, 6.45) is 1.67. The average Bonchev–Trinajstić information content (AvgIpc) is 2.66. The molecular weight excluding hydrogens is 348 g/mol. The van der Waals surface area contributed by atoms with Gasteiger partial charge in [-0.25, -0.2) is 4.98 Å². The van der Waals surface area contributed by atoms with E-state index in [1.54, 1.807) is 29.3 Å². The van der Waals surface area contributed by atoms with Crippen LogP contribution in [-0.4, -0.2) is 17.5 Å². The van der Waals surface area contributed by atoms with Crippen molar-refractivity contribution < 1.29 is 9.53 Å². The van der Waals surface area contributed by atoms with E-state index in [1.807, 2.05) is 55.5 Å². The summed E-state index contributed by atoms with van der Waals surface area (Å²) in [7, 11) is 0. The summed E-state index contributed by atoms with van der Waals surface area (Å²) in [6, 6.07) is 20.5. The third-order valence-corrected chi connectivity index (χ3v) is 4.08. The molecule has 4 nitrogen and oxygen atoms in total. The van der Waals surface area contributed by atoms with E-state index in [0.29, 0.717) is 23.1 Å². The van der Waals surface area contributed by atoms with Gasteiger partial charge in [-0.2, -0.15) is 0 Å². The number of hydrogen-bond acceptors (Lipinski definition) is 3. The largest absolute Gasteiger partial charge is 0.484 e. The van der Waals surface area contributed by atoms with E-state index in [0.717, 1.165) is 11.1 Å². The van der Waals surface area contributed by atoms with Gasteiger partial charge in [-0.1, -0.05) is 41.9 Å². The number of pyridine rings is 1. The lowest BCUT2D eigenvalue weighted by molar-refractivity contribution is -0.120. The van der Waals surface area contributed by atoms with Crippen molar-refractivity contribution in [2.75, 3.05) is 11.5 Å². The summed E-state index contributed by atoms with van der Waals surface area (Å²) in [6.45, 7) is 2.31. The van der Waals surface area contributed by atoms with Crippen LogP contribution < -0.4 is 9.64 Å². The van der Waals surface area contributed by atoms with Crippen LogP contribution >= 0.6 is 11.6 Å². The van der Waals surface area contributed by atoms with E-state index in [-0.39, 0.29) is 12.5 Å². The maximum atomic E-state index is 12.8. The zero-order valence-corrected chi connectivity index (χ0v) is 15.2. The second-order valence-electron chi connectivity index (χ2n) is 5.90. The monoisotopic (exact) mass is 366 g/mol. The third-order valence-electron chi connectivity index (χ3n) is 3.83. The number of nitrogens with zero attached hydrogens (tertiary/aromatic N) is 2. The van der Waals surface area contributed by atoms with Gasteiger partial charge < -0.3 is 4.74 Å². The van der Waals surface area contributed by atoms with E-state index in [4.69, 9.17) is 16.3 Å². The molecule has 0 spiro atoms. The van der Waals surface area contributed by atoms with Gasteiger partial charge in [0.15, 0.2) is 6.61 Å². The average molecular weight is 367 g/mol. The van der Waals surface area contributed by atoms with Crippen LogP contribution in [0.2, 0.25) is 5.02 Å². The molecular formula is C21H19ClN2O2. The Hall–Kier alpha value is -2.85. The first-order chi connectivity index (χ1) is 12.6. The number of amides is 1. The minimum atomic E-state index is -0.167. The van der Waals surface area contributed by atoms with E-state index in [9.17, 15) is 4.79 Å². The van der Waals surface area contributed by atoms with Gasteiger partial charge in [-0.15, -0.1) is 0 Å². The SMILES string of the molecule is Cc1cccc(OCC(=O)N(Cc2ccc(Cl)cc2)c2ccccn2)c1. The standard InChI is InChI=1S/C21H19ClN2O2/c1-16-5-4-6-19(13-16)26-15-21(25)24(20-7-2-3-12-23-20)14-17-8-10-18(22)11-9-17/h2-13H,14-15H2,1H3. The number of halogens is 1. The molecule has 0 N–H and O–H groups in total. The second-order valence-corrected chi connectivity index (χ2v) is 6.34. The minimum absolute atomic E-state index is 0.0619. The van der Waals surface area contributed by atoms with Crippen LogP contribution in [0.4, 0.5) is 5.82 Å². The highest BCUT2D eigenvalue weighted by atomic mass is 35.5. The highest BCUT2D eigenvalue weighted by Crippen LogP contribution is 2.18. The molecule has 26 heavy (non-hydrogen) atoms. The first-order valence-corrected chi connectivity index (χ1v) is 8.65. The molecule has 0 aliphatic carbocycles. The Bertz CT molecular complexity index is 867. The van der Waals surface area contributed by atoms with E-state index in [2.05, 4.69) is 4.98 Å². The Balaban J connectivity index is 1.76. The van der Waals surface area contributed by atoms with Crippen molar-refractivity contribution in [1.82, 2.24) is 4.98 Å². The summed E-state index contributed by atoms with van der Waals surface area (Å²) >= 11 is 5.95. The molecule has 0 fully saturated rings. The summed E-state index contributed by atoms with van der Waals surface area (Å²) in [5.41, 5.74) is 2.04. The minimum Gasteiger partial charge on any atom is -0.484 e. The van der Waals surface area contributed by atoms with Gasteiger partial charge in [0.25, 0.3) is 5.91 Å². The molecule has 0 radical (unpaired) electrons. The predicted molar refractivity (Wildman–Crippen MR) is 104 cm³/mol. The second kappa shape index (κ2) is 8.50. The Morgan fingerprint density at radius 3 is 2.58 bits per heavy atom. The fourth-order valence-corrected chi connectivity index (χ4v) is 2.64. The Morgan fingerprint density at radius 1 is 1.08 bits per heavy atom. The summed E-state index contributed by atoms with van der Waals surface area (Å²) in [5, 5.41) is 0.659. The van der Waals surface area contributed by atoms with Crippen molar-refractivity contribution in [3.63, 3.8) is 0 Å². The van der Waals surface area contributed by atoms with Crippen LogP contribution in [0.3, 0.4) is 0 Å². The zero-order chi connectivity index (χ0) is 18.4. The summed E-state index contributed by atoms with van der Waals surface area (Å²) in [4.78, 5) is 18.7. The van der Waals surface area contributed by atoms with Crippen LogP contribution in [0.25, 0.3) is 0 Å². The molecule has 1 aromatic heterocycles. The topological polar surface area (TPSA) is 42.4 Å². The van der Waals surface area contributed by atoms with Gasteiger partial charge >= 0.3 is 0 Å². The highest BCUT2D eigenvalue weighted by Gasteiger charge is 2.18. The quantitative estimate of drug-likeness (QED) is 0.637. The first-order valence-electron chi connectivity index (χ1n) is 8.27. The first kappa shape index (κ1) is 18.0. The summed E-state index contributed by atoms with van der Waals surface area (Å²) in [5.74, 6) is 1.09. The molecule has 0 unspecified atom stereocenters. The number of hydrogen-bond donors (Lipinski definition) is 0. The molecule has 2 aromatic carbocycles. The molecule has 0 bridgehead atoms. The number of rotatable bonds is 6. The molecule has 0 saturated carbocycles. The van der Waals surface area contributed by atoms with Gasteiger partial charge in [-0.3, -0.25) is 9.69 Å². The van der Waals surface area contributed by atoms with Gasteiger partial charge in [0.1, 0.15) is 11.6 Å². The van der Waals surface area contributed by atoms with Crippen LogP contribution in [0.15, 0.2) is 72.9 Å². The zero-order valence-electron chi connectivity index (χ0n) is 14.4. The van der Waals surface area contributed by atoms with Crippen LogP contribution in [0.1, 0.15) is 11.1 Å². The molecule has 1 heterocycles. The molecule has 132 valence electrons. The maximum absolute atomic E-state index is 12.8. The molecule has 0 atom stereocenters. The number of benzene rings is 2. The Morgan fingerprint density at radius 2 is 1.88 bits per heavy atom. The lowest BCUT2D eigenvalue weighted by Crippen LogP contribution is -2.35. The van der Waals surface area contributed by atoms with Crippen molar-refractivity contribution in [3.8, 4) is 5.75 Å². The molecule has 0 aliphatic heterocycles. The molecule has 0 saturated heterocycles. The predicted octanol–water partition coefficient (Wildman–Crippen LogP) is 4.66. The van der Waals surface area contributed by atoms with Crippen molar-refractivity contribution >= 4 is 23.3 Å². The molecule has 5 heteroatoms. The number of carbonyl (C=O) groups excluding carboxylic acids is 1. The fourth-order valence-electron chi connectivity index (χ4n) is 2.51. The van der Waals surface area contributed by atoms with Gasteiger partial charge in [0.2, 0.25) is 0 Å². The highest BCUT2D eigenvalue weighted by molar-refractivity contribution is 6.30. The number of aromatic nitrogens is 1. The van der Waals surface area contributed by atoms with Gasteiger partial charge in [-0.05, 0) is 54.4 Å². The summed E-state index contributed by atoms with van der Waals surface area (Å²) < 4.78 is 5.67. The van der Waals surface area contributed by atoms with Crippen molar-refractivity contribution in [3.05, 3.63) is 89.1 Å². The number of carbonyl (C=O) groups is 1. The van der Waals surface area contributed by atoms with Crippen molar-refractivity contribution in [2.24, 2.45) is 0 Å². The molecule has 3 rings (SSSR count). The fraction of sp³-hybridized carbons (Fsp3) is 0.143. The number of ether oxygens (including phenoxy) is 1.